The van der Waals surface area contributed by atoms with Gasteiger partial charge in [-0.3, -0.25) is 0 Å². The van der Waals surface area contributed by atoms with Crippen molar-refractivity contribution < 1.29 is 8.78 Å². The standard InChI is InChI=1S/C18H21F2N/c1-2-3-13-4-6-14(7-5-13)8-9-15-10-11-16(12-21)18(20)17(15)19/h2,10-11,13-14H,1,3-9H2. The number of halogens is 2. The highest BCUT2D eigenvalue weighted by molar-refractivity contribution is 5.34. The third-order valence-corrected chi connectivity index (χ3v) is 4.57. The van der Waals surface area contributed by atoms with Crippen LogP contribution in [-0.2, 0) is 6.42 Å². The van der Waals surface area contributed by atoms with Gasteiger partial charge in [-0.25, -0.2) is 8.78 Å². The summed E-state index contributed by atoms with van der Waals surface area (Å²) in [6.45, 7) is 3.78. The number of aryl methyl sites for hydroxylation is 1. The average Bonchev–Trinajstić information content (AvgIpc) is 2.50. The van der Waals surface area contributed by atoms with E-state index in [2.05, 4.69) is 6.58 Å². The summed E-state index contributed by atoms with van der Waals surface area (Å²) in [5.74, 6) is -0.508. The molecule has 0 aliphatic heterocycles. The second-order valence-electron chi connectivity index (χ2n) is 5.96. The molecule has 0 bridgehead atoms. The Kier molecular flexibility index (Phi) is 5.50. The Morgan fingerprint density at radius 2 is 1.81 bits per heavy atom. The van der Waals surface area contributed by atoms with Crippen LogP contribution >= 0.6 is 0 Å². The zero-order chi connectivity index (χ0) is 15.2. The summed E-state index contributed by atoms with van der Waals surface area (Å²) in [7, 11) is 0. The van der Waals surface area contributed by atoms with Crippen molar-refractivity contribution in [3.05, 3.63) is 47.5 Å². The van der Waals surface area contributed by atoms with Gasteiger partial charge in [-0.15, -0.1) is 6.58 Å². The van der Waals surface area contributed by atoms with E-state index in [9.17, 15) is 8.78 Å². The maximum absolute atomic E-state index is 13.8. The van der Waals surface area contributed by atoms with Gasteiger partial charge in [0.25, 0.3) is 0 Å². The van der Waals surface area contributed by atoms with Crippen molar-refractivity contribution in [1.82, 2.24) is 0 Å². The fraction of sp³-hybridized carbons (Fsp3) is 0.500. The molecular weight excluding hydrogens is 268 g/mol. The molecule has 0 saturated heterocycles. The van der Waals surface area contributed by atoms with E-state index in [-0.39, 0.29) is 5.56 Å². The normalized spacial score (nSPS) is 21.8. The predicted octanol–water partition coefficient (Wildman–Crippen LogP) is 5.15. The van der Waals surface area contributed by atoms with Crippen molar-refractivity contribution in [3.63, 3.8) is 0 Å². The Morgan fingerprint density at radius 3 is 2.43 bits per heavy atom. The minimum atomic E-state index is -1.01. The Hall–Kier alpha value is -1.69. The van der Waals surface area contributed by atoms with Crippen molar-refractivity contribution in [3.8, 4) is 6.07 Å². The third-order valence-electron chi connectivity index (χ3n) is 4.57. The van der Waals surface area contributed by atoms with E-state index in [4.69, 9.17) is 5.26 Å². The van der Waals surface area contributed by atoms with Gasteiger partial charge in [0, 0.05) is 0 Å². The minimum Gasteiger partial charge on any atom is -0.203 e. The minimum absolute atomic E-state index is 0.221. The largest absolute Gasteiger partial charge is 0.203 e. The van der Waals surface area contributed by atoms with E-state index in [0.717, 1.165) is 18.8 Å². The predicted molar refractivity (Wildman–Crippen MR) is 79.7 cm³/mol. The number of hydrogen-bond donors (Lipinski definition) is 0. The summed E-state index contributed by atoms with van der Waals surface area (Å²) in [6, 6.07) is 4.57. The van der Waals surface area contributed by atoms with E-state index in [1.807, 2.05) is 6.08 Å². The van der Waals surface area contributed by atoms with E-state index in [0.29, 0.717) is 17.9 Å². The molecule has 1 aromatic carbocycles. The Bertz CT molecular complexity index is 537. The highest BCUT2D eigenvalue weighted by atomic mass is 19.2. The molecule has 1 aliphatic carbocycles. The van der Waals surface area contributed by atoms with Crippen LogP contribution in [0.4, 0.5) is 8.78 Å². The van der Waals surface area contributed by atoms with E-state index < -0.39 is 11.6 Å². The molecule has 112 valence electrons. The van der Waals surface area contributed by atoms with Crippen LogP contribution in [0.5, 0.6) is 0 Å². The van der Waals surface area contributed by atoms with Gasteiger partial charge in [0.2, 0.25) is 0 Å². The molecule has 3 heteroatoms. The lowest BCUT2D eigenvalue weighted by molar-refractivity contribution is 0.264. The van der Waals surface area contributed by atoms with E-state index in [1.54, 1.807) is 12.1 Å². The zero-order valence-electron chi connectivity index (χ0n) is 12.2. The molecule has 0 N–H and O–H groups in total. The molecule has 1 fully saturated rings. The molecule has 1 aromatic rings. The molecule has 21 heavy (non-hydrogen) atoms. The topological polar surface area (TPSA) is 23.8 Å². The van der Waals surface area contributed by atoms with Gasteiger partial charge in [-0.1, -0.05) is 25.0 Å². The van der Waals surface area contributed by atoms with Gasteiger partial charge < -0.3 is 0 Å². The third kappa shape index (κ3) is 3.91. The van der Waals surface area contributed by atoms with Crippen LogP contribution in [-0.4, -0.2) is 0 Å². The molecule has 2 rings (SSSR count). The summed E-state index contributed by atoms with van der Waals surface area (Å²) in [6.07, 6.45) is 9.26. The Balaban J connectivity index is 1.89. The first kappa shape index (κ1) is 15.7. The Labute approximate surface area is 125 Å². The molecule has 0 spiro atoms. The summed E-state index contributed by atoms with van der Waals surface area (Å²) in [5, 5.41) is 8.67. The zero-order valence-corrected chi connectivity index (χ0v) is 12.2. The highest BCUT2D eigenvalue weighted by Gasteiger charge is 2.21. The van der Waals surface area contributed by atoms with Gasteiger partial charge in [0.15, 0.2) is 11.6 Å². The Morgan fingerprint density at radius 1 is 1.14 bits per heavy atom. The number of allylic oxidation sites excluding steroid dienone is 1. The lowest BCUT2D eigenvalue weighted by Gasteiger charge is -2.27. The molecule has 1 nitrogen and oxygen atoms in total. The van der Waals surface area contributed by atoms with Crippen LogP contribution in [0.1, 0.15) is 49.7 Å². The van der Waals surface area contributed by atoms with Gasteiger partial charge in [-0.2, -0.15) is 5.26 Å². The number of rotatable bonds is 5. The van der Waals surface area contributed by atoms with Gasteiger partial charge >= 0.3 is 0 Å². The smallest absolute Gasteiger partial charge is 0.176 e. The van der Waals surface area contributed by atoms with Crippen molar-refractivity contribution in [2.75, 3.05) is 0 Å². The fourth-order valence-corrected chi connectivity index (χ4v) is 3.22. The molecule has 1 aliphatic rings. The van der Waals surface area contributed by atoms with E-state index >= 15 is 0 Å². The molecule has 0 heterocycles. The second kappa shape index (κ2) is 7.36. The summed E-state index contributed by atoms with van der Waals surface area (Å²) < 4.78 is 27.4. The second-order valence-corrected chi connectivity index (χ2v) is 5.96. The van der Waals surface area contributed by atoms with Gasteiger partial charge in [-0.05, 0) is 55.6 Å². The monoisotopic (exact) mass is 289 g/mol. The lowest BCUT2D eigenvalue weighted by Crippen LogP contribution is -2.15. The number of benzene rings is 1. The fourth-order valence-electron chi connectivity index (χ4n) is 3.22. The molecule has 0 aromatic heterocycles. The molecular formula is C18H21F2N. The summed E-state index contributed by atoms with van der Waals surface area (Å²) in [5.41, 5.74) is 0.167. The van der Waals surface area contributed by atoms with Crippen molar-refractivity contribution in [2.24, 2.45) is 11.8 Å². The quantitative estimate of drug-likeness (QED) is 0.687. The van der Waals surface area contributed by atoms with Crippen molar-refractivity contribution in [1.29, 1.82) is 5.26 Å². The SMILES string of the molecule is C=CCC1CCC(CCc2ccc(C#N)c(F)c2F)CC1. The van der Waals surface area contributed by atoms with Crippen LogP contribution in [0.25, 0.3) is 0 Å². The average molecular weight is 289 g/mol. The summed E-state index contributed by atoms with van der Waals surface area (Å²) in [4.78, 5) is 0. The molecule has 1 saturated carbocycles. The lowest BCUT2D eigenvalue weighted by atomic mass is 9.78. The molecule has 0 atom stereocenters. The number of hydrogen-bond acceptors (Lipinski definition) is 1. The first-order valence-electron chi connectivity index (χ1n) is 7.63. The molecule has 0 unspecified atom stereocenters. The van der Waals surface area contributed by atoms with Crippen LogP contribution in [0, 0.1) is 34.8 Å². The molecule has 0 radical (unpaired) electrons. The van der Waals surface area contributed by atoms with Crippen LogP contribution in [0.2, 0.25) is 0 Å². The van der Waals surface area contributed by atoms with Crippen LogP contribution in [0.3, 0.4) is 0 Å². The summed E-state index contributed by atoms with van der Waals surface area (Å²) >= 11 is 0. The number of nitrogens with zero attached hydrogens (tertiary/aromatic N) is 1. The van der Waals surface area contributed by atoms with Crippen LogP contribution in [0.15, 0.2) is 24.8 Å². The van der Waals surface area contributed by atoms with Crippen molar-refractivity contribution in [2.45, 2.75) is 44.9 Å². The highest BCUT2D eigenvalue weighted by Crippen LogP contribution is 2.33. The van der Waals surface area contributed by atoms with Gasteiger partial charge in [0.1, 0.15) is 6.07 Å². The van der Waals surface area contributed by atoms with E-state index in [1.165, 1.54) is 31.7 Å². The maximum atomic E-state index is 13.8. The van der Waals surface area contributed by atoms with Crippen molar-refractivity contribution >= 4 is 0 Å². The molecule has 0 amide bonds. The maximum Gasteiger partial charge on any atom is 0.176 e. The first-order valence-corrected chi connectivity index (χ1v) is 7.63. The first-order chi connectivity index (χ1) is 10.2. The van der Waals surface area contributed by atoms with Crippen LogP contribution < -0.4 is 0 Å². The van der Waals surface area contributed by atoms with Gasteiger partial charge in [0.05, 0.1) is 5.56 Å². The number of nitriles is 1.